The highest BCUT2D eigenvalue weighted by molar-refractivity contribution is 4.53. The van der Waals surface area contributed by atoms with Crippen molar-refractivity contribution in [2.45, 2.75) is 0 Å². The minimum atomic E-state index is 0.833. The first-order valence-corrected chi connectivity index (χ1v) is 1.24. The molecule has 0 aromatic carbocycles. The maximum absolute atomic E-state index is 7.76. The summed E-state index contributed by atoms with van der Waals surface area (Å²) in [6, 6.07) is 0. The van der Waals surface area contributed by atoms with Gasteiger partial charge in [-0.2, -0.15) is 0 Å². The van der Waals surface area contributed by atoms with Gasteiger partial charge in [-0.3, -0.25) is 0 Å². The molecule has 1 N–H and O–H groups in total. The molecule has 0 saturated carbocycles. The summed E-state index contributed by atoms with van der Waals surface area (Å²) in [5, 5.41) is 7.76. The Bertz CT molecular complexity index is 31.9. The zero-order valence-electron chi connectivity index (χ0n) is 3.01. The molecule has 0 aromatic rings. The van der Waals surface area contributed by atoms with Crippen LogP contribution >= 0.6 is 0 Å². The highest BCUT2D eigenvalue weighted by Gasteiger charge is 1.48. The molecule has 5 heavy (non-hydrogen) atoms. The first-order chi connectivity index (χ1) is 2.41. The van der Waals surface area contributed by atoms with Gasteiger partial charge in [0, 0.05) is 0 Å². The molecule has 0 amide bonds. The molecule has 0 aromatic heterocycles. The van der Waals surface area contributed by atoms with Crippen LogP contribution in [0.4, 0.5) is 0 Å². The van der Waals surface area contributed by atoms with Gasteiger partial charge in [0.05, 0.1) is 7.11 Å². The van der Waals surface area contributed by atoms with E-state index in [1.54, 1.807) is 0 Å². The van der Waals surface area contributed by atoms with E-state index in [9.17, 15) is 0 Å². The Hall–Kier alpha value is -0.660. The van der Waals surface area contributed by atoms with Crippen molar-refractivity contribution >= 4 is 0 Å². The number of hydrogen-bond acceptors (Lipinski definition) is 2. The van der Waals surface area contributed by atoms with E-state index in [-0.39, 0.29) is 0 Å². The number of aliphatic hydroxyl groups is 1. The van der Waals surface area contributed by atoms with Crippen LogP contribution in [0.15, 0.2) is 12.5 Å². The van der Waals surface area contributed by atoms with E-state index in [1.165, 1.54) is 13.4 Å². The van der Waals surface area contributed by atoms with Gasteiger partial charge in [0.1, 0.15) is 12.5 Å². The standard InChI is InChI=1S/C3H6O2/c1-5-3-2-4/h2-4H,1H3/b3-2-. The normalized spacial score (nSPS) is 9.00. The second-order valence-electron chi connectivity index (χ2n) is 0.521. The van der Waals surface area contributed by atoms with E-state index >= 15 is 0 Å². The average molecular weight is 74.1 g/mol. The molecule has 0 aliphatic carbocycles. The monoisotopic (exact) mass is 74.0 g/mol. The van der Waals surface area contributed by atoms with Gasteiger partial charge >= 0.3 is 0 Å². The Morgan fingerprint density at radius 3 is 2.40 bits per heavy atom. The van der Waals surface area contributed by atoms with Crippen molar-refractivity contribution in [1.29, 1.82) is 0 Å². The maximum Gasteiger partial charge on any atom is 0.117 e. The number of rotatable bonds is 1. The molecule has 0 radical (unpaired) electrons. The first kappa shape index (κ1) is 4.34. The number of aliphatic hydroxyl groups excluding tert-OH is 1. The van der Waals surface area contributed by atoms with E-state index in [0.717, 1.165) is 6.26 Å². The summed E-state index contributed by atoms with van der Waals surface area (Å²) >= 11 is 0. The highest BCUT2D eigenvalue weighted by Crippen LogP contribution is 1.60. The van der Waals surface area contributed by atoms with E-state index < -0.39 is 0 Å². The van der Waals surface area contributed by atoms with Crippen molar-refractivity contribution < 1.29 is 9.84 Å². The van der Waals surface area contributed by atoms with Crippen LogP contribution in [0.1, 0.15) is 0 Å². The molecule has 0 bridgehead atoms. The Kier molecular flexibility index (Phi) is 2.90. The van der Waals surface area contributed by atoms with Gasteiger partial charge < -0.3 is 9.84 Å². The van der Waals surface area contributed by atoms with Crippen molar-refractivity contribution in [2.75, 3.05) is 7.11 Å². The maximum atomic E-state index is 7.76. The Balaban J connectivity index is 2.62. The van der Waals surface area contributed by atoms with Crippen molar-refractivity contribution in [3.8, 4) is 0 Å². The lowest BCUT2D eigenvalue weighted by Gasteiger charge is -1.76. The summed E-state index contributed by atoms with van der Waals surface area (Å²) in [5.41, 5.74) is 0. The summed E-state index contributed by atoms with van der Waals surface area (Å²) in [4.78, 5) is 0. The molecule has 0 fully saturated rings. The molecular weight excluding hydrogens is 68.0 g/mol. The molecular formula is C3H6O2. The predicted octanol–water partition coefficient (Wildman–Crippen LogP) is 0.662. The highest BCUT2D eigenvalue weighted by atomic mass is 16.5. The van der Waals surface area contributed by atoms with Crippen LogP contribution in [-0.2, 0) is 4.74 Å². The molecule has 0 rings (SSSR count). The average Bonchev–Trinajstić information content (AvgIpc) is 1.41. The SMILES string of the molecule is CO/C=C\O. The minimum absolute atomic E-state index is 0.833. The van der Waals surface area contributed by atoms with Crippen LogP contribution in [0.25, 0.3) is 0 Å². The Labute approximate surface area is 30.7 Å². The van der Waals surface area contributed by atoms with Crippen molar-refractivity contribution in [1.82, 2.24) is 0 Å². The lowest BCUT2D eigenvalue weighted by molar-refractivity contribution is 0.316. The van der Waals surface area contributed by atoms with Gasteiger partial charge in [-0.1, -0.05) is 0 Å². The topological polar surface area (TPSA) is 29.5 Å². The third-order valence-electron chi connectivity index (χ3n) is 0.197. The molecule has 0 aliphatic heterocycles. The minimum Gasteiger partial charge on any atom is -0.512 e. The third-order valence-corrected chi connectivity index (χ3v) is 0.197. The van der Waals surface area contributed by atoms with Crippen LogP contribution in [0.2, 0.25) is 0 Å². The van der Waals surface area contributed by atoms with Crippen LogP contribution in [-0.4, -0.2) is 12.2 Å². The van der Waals surface area contributed by atoms with Crippen LogP contribution in [0.3, 0.4) is 0 Å². The molecule has 0 aliphatic rings. The summed E-state index contributed by atoms with van der Waals surface area (Å²) in [6.45, 7) is 0. The van der Waals surface area contributed by atoms with Crippen molar-refractivity contribution in [2.24, 2.45) is 0 Å². The predicted molar refractivity (Wildman–Crippen MR) is 18.8 cm³/mol. The van der Waals surface area contributed by atoms with Gasteiger partial charge in [-0.15, -0.1) is 0 Å². The Morgan fingerprint density at radius 2 is 2.40 bits per heavy atom. The molecule has 2 nitrogen and oxygen atoms in total. The molecule has 2 heteroatoms. The number of methoxy groups -OCH3 is 1. The van der Waals surface area contributed by atoms with Gasteiger partial charge in [0.2, 0.25) is 0 Å². The zero-order chi connectivity index (χ0) is 4.12. The largest absolute Gasteiger partial charge is 0.512 e. The molecule has 0 saturated heterocycles. The smallest absolute Gasteiger partial charge is 0.117 e. The van der Waals surface area contributed by atoms with Gasteiger partial charge in [-0.05, 0) is 0 Å². The fourth-order valence-electron chi connectivity index (χ4n) is 0.0609. The van der Waals surface area contributed by atoms with Crippen molar-refractivity contribution in [3.63, 3.8) is 0 Å². The zero-order valence-corrected chi connectivity index (χ0v) is 3.01. The Morgan fingerprint density at radius 1 is 1.80 bits per heavy atom. The second kappa shape index (κ2) is 3.34. The fraction of sp³-hybridized carbons (Fsp3) is 0.333. The quantitative estimate of drug-likeness (QED) is 0.463. The summed E-state index contributed by atoms with van der Waals surface area (Å²) in [5.74, 6) is 0. The lowest BCUT2D eigenvalue weighted by Crippen LogP contribution is -1.59. The number of hydrogen-bond donors (Lipinski definition) is 1. The third kappa shape index (κ3) is 3.34. The second-order valence-corrected chi connectivity index (χ2v) is 0.521. The van der Waals surface area contributed by atoms with E-state index in [1.807, 2.05) is 0 Å². The van der Waals surface area contributed by atoms with Gasteiger partial charge in [0.25, 0.3) is 0 Å². The molecule has 0 spiro atoms. The lowest BCUT2D eigenvalue weighted by atomic mass is 11.1. The summed E-state index contributed by atoms with van der Waals surface area (Å²) < 4.78 is 4.26. The van der Waals surface area contributed by atoms with Crippen LogP contribution < -0.4 is 0 Å². The summed E-state index contributed by atoms with van der Waals surface area (Å²) in [7, 11) is 1.46. The molecule has 30 valence electrons. The van der Waals surface area contributed by atoms with Gasteiger partial charge in [0.15, 0.2) is 0 Å². The van der Waals surface area contributed by atoms with Gasteiger partial charge in [-0.25, -0.2) is 0 Å². The van der Waals surface area contributed by atoms with Crippen molar-refractivity contribution in [3.05, 3.63) is 12.5 Å². The fourth-order valence-corrected chi connectivity index (χ4v) is 0.0609. The van der Waals surface area contributed by atoms with Crippen LogP contribution in [0, 0.1) is 0 Å². The molecule has 0 atom stereocenters. The van der Waals surface area contributed by atoms with E-state index in [4.69, 9.17) is 5.11 Å². The summed E-state index contributed by atoms with van der Waals surface area (Å²) in [6.07, 6.45) is 2.01. The number of ether oxygens (including phenoxy) is 1. The molecule has 0 heterocycles. The van der Waals surface area contributed by atoms with E-state index in [2.05, 4.69) is 4.74 Å². The van der Waals surface area contributed by atoms with Crippen LogP contribution in [0.5, 0.6) is 0 Å². The first-order valence-electron chi connectivity index (χ1n) is 1.24. The molecule has 0 unspecified atom stereocenters. The van der Waals surface area contributed by atoms with E-state index in [0.29, 0.717) is 0 Å².